The second-order valence-corrected chi connectivity index (χ2v) is 4.99. The molecule has 0 spiro atoms. The largest absolute Gasteiger partial charge is 0.493 e. The van der Waals surface area contributed by atoms with Crippen LogP contribution >= 0.6 is 12.2 Å². The Hall–Kier alpha value is -2.47. The number of ether oxygens (including phenoxy) is 4. The highest BCUT2D eigenvalue weighted by Crippen LogP contribution is 2.31. The van der Waals surface area contributed by atoms with E-state index in [1.54, 1.807) is 26.4 Å². The highest BCUT2D eigenvalue weighted by atomic mass is 32.1. The maximum absolute atomic E-state index is 5.76. The lowest BCUT2D eigenvalue weighted by Crippen LogP contribution is -2.15. The molecule has 0 radical (unpaired) electrons. The van der Waals surface area contributed by atoms with E-state index in [2.05, 4.69) is 0 Å². The first kappa shape index (κ1) is 16.9. The SMILES string of the molecule is COc1ccccc1OCCOc1c(OC)cccc1C(N)=S. The van der Waals surface area contributed by atoms with Crippen LogP contribution in [-0.4, -0.2) is 32.4 Å². The molecule has 23 heavy (non-hydrogen) atoms. The van der Waals surface area contributed by atoms with Crippen LogP contribution in [-0.2, 0) is 0 Å². The molecule has 0 atom stereocenters. The van der Waals surface area contributed by atoms with E-state index in [-0.39, 0.29) is 4.99 Å². The lowest BCUT2D eigenvalue weighted by molar-refractivity contribution is 0.206. The molecule has 0 aliphatic carbocycles. The van der Waals surface area contributed by atoms with Crippen molar-refractivity contribution in [3.63, 3.8) is 0 Å². The van der Waals surface area contributed by atoms with Crippen LogP contribution in [0.15, 0.2) is 42.5 Å². The molecule has 0 saturated heterocycles. The van der Waals surface area contributed by atoms with Crippen molar-refractivity contribution < 1.29 is 18.9 Å². The van der Waals surface area contributed by atoms with Crippen LogP contribution in [0.25, 0.3) is 0 Å². The number of hydrogen-bond acceptors (Lipinski definition) is 5. The molecular weight excluding hydrogens is 314 g/mol. The molecule has 2 N–H and O–H groups in total. The molecule has 0 bridgehead atoms. The Morgan fingerprint density at radius 3 is 2.13 bits per heavy atom. The molecule has 2 aromatic carbocycles. The van der Waals surface area contributed by atoms with Gasteiger partial charge in [-0.05, 0) is 24.3 Å². The van der Waals surface area contributed by atoms with Gasteiger partial charge in [-0.2, -0.15) is 0 Å². The summed E-state index contributed by atoms with van der Waals surface area (Å²) >= 11 is 5.04. The fourth-order valence-corrected chi connectivity index (χ4v) is 2.21. The fraction of sp³-hybridized carbons (Fsp3) is 0.235. The third kappa shape index (κ3) is 4.26. The smallest absolute Gasteiger partial charge is 0.171 e. The number of rotatable bonds is 8. The van der Waals surface area contributed by atoms with Crippen LogP contribution < -0.4 is 24.7 Å². The Bertz CT molecular complexity index is 675. The zero-order valence-electron chi connectivity index (χ0n) is 13.1. The summed E-state index contributed by atoms with van der Waals surface area (Å²) in [5.41, 5.74) is 6.36. The maximum atomic E-state index is 5.76. The van der Waals surface area contributed by atoms with E-state index in [4.69, 9.17) is 36.9 Å². The van der Waals surface area contributed by atoms with Gasteiger partial charge in [0.05, 0.1) is 19.8 Å². The van der Waals surface area contributed by atoms with Crippen LogP contribution in [0.2, 0.25) is 0 Å². The number of benzene rings is 2. The minimum atomic E-state index is 0.254. The van der Waals surface area contributed by atoms with E-state index in [1.165, 1.54) is 0 Å². The van der Waals surface area contributed by atoms with E-state index in [0.717, 1.165) is 0 Å². The second kappa shape index (κ2) is 8.24. The predicted octanol–water partition coefficient (Wildman–Crippen LogP) is 2.80. The first-order valence-corrected chi connectivity index (χ1v) is 7.43. The van der Waals surface area contributed by atoms with Crippen LogP contribution in [0.5, 0.6) is 23.0 Å². The van der Waals surface area contributed by atoms with Gasteiger partial charge >= 0.3 is 0 Å². The van der Waals surface area contributed by atoms with Crippen molar-refractivity contribution >= 4 is 17.2 Å². The molecule has 5 nitrogen and oxygen atoms in total. The number of methoxy groups -OCH3 is 2. The van der Waals surface area contributed by atoms with E-state index >= 15 is 0 Å². The van der Waals surface area contributed by atoms with Crippen LogP contribution in [0.4, 0.5) is 0 Å². The van der Waals surface area contributed by atoms with Gasteiger partial charge in [-0.25, -0.2) is 0 Å². The number of para-hydroxylation sites is 3. The molecule has 2 aromatic rings. The van der Waals surface area contributed by atoms with Gasteiger partial charge in [0, 0.05) is 0 Å². The summed E-state index contributed by atoms with van der Waals surface area (Å²) in [6, 6.07) is 12.8. The molecule has 2 rings (SSSR count). The van der Waals surface area contributed by atoms with E-state index in [0.29, 0.717) is 41.8 Å². The van der Waals surface area contributed by atoms with E-state index in [9.17, 15) is 0 Å². The third-order valence-corrected chi connectivity index (χ3v) is 3.34. The number of thiocarbonyl (C=S) groups is 1. The summed E-state index contributed by atoms with van der Waals surface area (Å²) in [6.45, 7) is 0.656. The van der Waals surface area contributed by atoms with Gasteiger partial charge in [0.1, 0.15) is 18.2 Å². The van der Waals surface area contributed by atoms with Crippen molar-refractivity contribution in [2.75, 3.05) is 27.4 Å². The number of hydrogen-bond donors (Lipinski definition) is 1. The molecule has 0 aliphatic heterocycles. The lowest BCUT2D eigenvalue weighted by Gasteiger charge is -2.15. The molecule has 0 fully saturated rings. The van der Waals surface area contributed by atoms with Gasteiger partial charge in [-0.3, -0.25) is 0 Å². The Morgan fingerprint density at radius 2 is 1.48 bits per heavy atom. The summed E-state index contributed by atoms with van der Waals surface area (Å²) in [4.78, 5) is 0.254. The Morgan fingerprint density at radius 1 is 0.870 bits per heavy atom. The Balaban J connectivity index is 2.00. The van der Waals surface area contributed by atoms with Crippen molar-refractivity contribution in [1.82, 2.24) is 0 Å². The van der Waals surface area contributed by atoms with Crippen molar-refractivity contribution in [1.29, 1.82) is 0 Å². The summed E-state index contributed by atoms with van der Waals surface area (Å²) in [5.74, 6) is 2.43. The summed E-state index contributed by atoms with van der Waals surface area (Å²) < 4.78 is 21.9. The minimum absolute atomic E-state index is 0.254. The summed E-state index contributed by atoms with van der Waals surface area (Å²) in [6.07, 6.45) is 0. The standard InChI is InChI=1S/C17H19NO4S/c1-19-13-7-3-4-8-14(13)21-10-11-22-16-12(17(18)23)6-5-9-15(16)20-2/h3-9H,10-11H2,1-2H3,(H2,18,23). The fourth-order valence-electron chi connectivity index (χ4n) is 2.05. The van der Waals surface area contributed by atoms with E-state index in [1.807, 2.05) is 30.3 Å². The molecule has 0 heterocycles. The normalized spacial score (nSPS) is 10.0. The first-order valence-electron chi connectivity index (χ1n) is 7.02. The topological polar surface area (TPSA) is 62.9 Å². The van der Waals surface area contributed by atoms with Crippen molar-refractivity contribution in [2.24, 2.45) is 5.73 Å². The molecule has 122 valence electrons. The van der Waals surface area contributed by atoms with Gasteiger partial charge in [0.15, 0.2) is 23.0 Å². The van der Waals surface area contributed by atoms with Crippen molar-refractivity contribution in [3.8, 4) is 23.0 Å². The van der Waals surface area contributed by atoms with Crippen LogP contribution in [0.3, 0.4) is 0 Å². The predicted molar refractivity (Wildman–Crippen MR) is 92.9 cm³/mol. The zero-order chi connectivity index (χ0) is 16.7. The Kier molecular flexibility index (Phi) is 6.05. The molecular formula is C17H19NO4S. The van der Waals surface area contributed by atoms with Gasteiger partial charge in [0.25, 0.3) is 0 Å². The average Bonchev–Trinajstić information content (AvgIpc) is 2.58. The van der Waals surface area contributed by atoms with Crippen molar-refractivity contribution in [3.05, 3.63) is 48.0 Å². The lowest BCUT2D eigenvalue weighted by atomic mass is 10.2. The zero-order valence-corrected chi connectivity index (χ0v) is 13.9. The first-order chi connectivity index (χ1) is 11.2. The van der Waals surface area contributed by atoms with Gasteiger partial charge in [0.2, 0.25) is 0 Å². The maximum Gasteiger partial charge on any atom is 0.171 e. The van der Waals surface area contributed by atoms with Crippen LogP contribution in [0, 0.1) is 0 Å². The van der Waals surface area contributed by atoms with Crippen molar-refractivity contribution in [2.45, 2.75) is 0 Å². The van der Waals surface area contributed by atoms with Gasteiger partial charge in [-0.15, -0.1) is 0 Å². The highest BCUT2D eigenvalue weighted by molar-refractivity contribution is 7.80. The average molecular weight is 333 g/mol. The quantitative estimate of drug-likeness (QED) is 0.592. The highest BCUT2D eigenvalue weighted by Gasteiger charge is 2.12. The summed E-state index contributed by atoms with van der Waals surface area (Å²) in [5, 5.41) is 0. The molecule has 0 saturated carbocycles. The second-order valence-electron chi connectivity index (χ2n) is 4.55. The Labute approximate surface area is 140 Å². The molecule has 0 unspecified atom stereocenters. The molecule has 0 amide bonds. The van der Waals surface area contributed by atoms with Gasteiger partial charge in [-0.1, -0.05) is 30.4 Å². The minimum Gasteiger partial charge on any atom is -0.493 e. The third-order valence-electron chi connectivity index (χ3n) is 3.12. The molecule has 0 aromatic heterocycles. The monoisotopic (exact) mass is 333 g/mol. The molecule has 6 heteroatoms. The van der Waals surface area contributed by atoms with Crippen LogP contribution in [0.1, 0.15) is 5.56 Å². The molecule has 0 aliphatic rings. The van der Waals surface area contributed by atoms with Gasteiger partial charge < -0.3 is 24.7 Å². The summed E-state index contributed by atoms with van der Waals surface area (Å²) in [7, 11) is 3.17. The van der Waals surface area contributed by atoms with E-state index < -0.39 is 0 Å². The number of nitrogens with two attached hydrogens (primary N) is 1.